The van der Waals surface area contributed by atoms with Gasteiger partial charge in [-0.15, -0.1) is 3.71 Å². The first-order valence-electron chi connectivity index (χ1n) is 17.7. The van der Waals surface area contributed by atoms with Crippen molar-refractivity contribution in [3.63, 3.8) is 0 Å². The van der Waals surface area contributed by atoms with Crippen molar-refractivity contribution in [2.24, 2.45) is 0 Å². The molecule has 2 fully saturated rings. The summed E-state index contributed by atoms with van der Waals surface area (Å²) in [6, 6.07) is 3.85. The van der Waals surface area contributed by atoms with E-state index in [1.54, 1.807) is 20.8 Å². The van der Waals surface area contributed by atoms with Crippen molar-refractivity contribution in [3.05, 3.63) is 42.2 Å². The number of hydrogen-bond donors (Lipinski definition) is 1. The van der Waals surface area contributed by atoms with Gasteiger partial charge in [0.05, 0.1) is 18.8 Å². The zero-order valence-electron chi connectivity index (χ0n) is 36.3. The summed E-state index contributed by atoms with van der Waals surface area (Å²) in [4.78, 5) is 36.3. The standard InChI is InChI=1S/C10H14F3NO5S.C9H15NO3.C8H5F6NO4S2.C4H8O.CH4S.Li.H/c1-9(2,3)18-8(15)14-5-4-7(6-14)19-20(16,17)10(11,12)13;1-9(2,3)13-8(12)10-5-4-7(11)6-10;9-7(10,11)20(16,17)15(6-4-2-1-3-5-6)21(18,19)8(12,13)14;1-2-4-5-3-1;1-2;;/h4H,5-6H2,1-3H3;4-6H2,1-3H3;1-5H;1-4H2;2H,1H3;;/q;;;;;+1;-1/i;;;;1D;;. The Morgan fingerprint density at radius 1 is 0.758 bits per heavy atom. The fourth-order valence-electron chi connectivity index (χ4n) is 4.01. The second kappa shape index (κ2) is 24.3. The molecule has 0 unspecified atom stereocenters. The molecule has 62 heavy (non-hydrogen) atoms. The van der Waals surface area contributed by atoms with E-state index in [0.717, 1.165) is 42.4 Å². The van der Waals surface area contributed by atoms with Crippen LogP contribution in [-0.2, 0) is 53.4 Å². The minimum absolute atomic E-state index is 0. The molecule has 0 bridgehead atoms. The second-order valence-corrected chi connectivity index (χ2v) is 19.3. The summed E-state index contributed by atoms with van der Waals surface area (Å²) >= 11 is 3.46. The molecular formula is C32H47F9LiN3O13S4. The van der Waals surface area contributed by atoms with Gasteiger partial charge in [0.15, 0.2) is 5.78 Å². The van der Waals surface area contributed by atoms with Crippen molar-refractivity contribution in [1.82, 2.24) is 9.80 Å². The molecule has 0 aliphatic carbocycles. The third-order valence-electron chi connectivity index (χ3n) is 6.53. The van der Waals surface area contributed by atoms with Crippen molar-refractivity contribution < 1.29 is 119 Å². The van der Waals surface area contributed by atoms with E-state index in [4.69, 9.17) is 15.6 Å². The van der Waals surface area contributed by atoms with Gasteiger partial charge in [-0.25, -0.2) is 9.59 Å². The molecule has 4 rings (SSSR count). The number of anilines is 1. The maximum atomic E-state index is 12.4. The number of para-hydroxylation sites is 1. The Labute approximate surface area is 374 Å². The number of sulfonamides is 2. The van der Waals surface area contributed by atoms with E-state index in [1.165, 1.54) is 17.7 Å². The van der Waals surface area contributed by atoms with Crippen LogP contribution in [0.15, 0.2) is 42.2 Å². The number of ether oxygens (including phenoxy) is 3. The SMILES string of the molecule is C1CCOC1.CC(C)(C)OC(=O)N1CC=C(OS(=O)(=O)C(F)(F)F)C1.CC(C)(C)OC(=O)N1CCC(=O)C1.O=S(=O)(N(c1ccccc1)S(=O)(=O)C(F)(F)F)C(F)(F)F.[2H]CS.[H-].[Li+]. The first-order valence-corrected chi connectivity index (χ1v) is 21.9. The molecule has 3 aliphatic rings. The molecule has 2 amide bonds. The number of thiol groups is 1. The summed E-state index contributed by atoms with van der Waals surface area (Å²) in [5.74, 6) is -0.362. The zero-order chi connectivity index (χ0) is 48.8. The predicted octanol–water partition coefficient (Wildman–Crippen LogP) is 3.84. The molecule has 16 nitrogen and oxygen atoms in total. The topological polar surface area (TPSA) is 200 Å². The van der Waals surface area contributed by atoms with Crippen LogP contribution in [-0.4, -0.2) is 126 Å². The van der Waals surface area contributed by atoms with E-state index >= 15 is 0 Å². The molecule has 0 atom stereocenters. The number of ketones is 1. The Kier molecular flexibility index (Phi) is 23.0. The summed E-state index contributed by atoms with van der Waals surface area (Å²) in [6.45, 7) is 12.5. The van der Waals surface area contributed by atoms with Gasteiger partial charge in [0.2, 0.25) is 0 Å². The van der Waals surface area contributed by atoms with Gasteiger partial charge in [-0.05, 0) is 78.8 Å². The number of benzene rings is 1. The molecule has 0 spiro atoms. The number of carbonyl (C=O) groups is 3. The van der Waals surface area contributed by atoms with Gasteiger partial charge in [-0.3, -0.25) is 9.69 Å². The Hall–Kier alpha value is -3.10. The number of halogens is 9. The van der Waals surface area contributed by atoms with E-state index in [0.29, 0.717) is 25.1 Å². The summed E-state index contributed by atoms with van der Waals surface area (Å²) in [6.07, 6.45) is 3.13. The number of rotatable bonds is 5. The van der Waals surface area contributed by atoms with Crippen LogP contribution in [0.2, 0.25) is 0 Å². The maximum Gasteiger partial charge on any atom is 1.00 e. The van der Waals surface area contributed by atoms with Crippen molar-refractivity contribution in [1.29, 1.82) is 0 Å². The van der Waals surface area contributed by atoms with Gasteiger partial charge in [0, 0.05) is 34.1 Å². The van der Waals surface area contributed by atoms with Crippen molar-refractivity contribution >= 4 is 66.5 Å². The Bertz CT molecular complexity index is 1950. The van der Waals surface area contributed by atoms with Crippen molar-refractivity contribution in [2.45, 2.75) is 88.5 Å². The average Bonchev–Trinajstić information content (AvgIpc) is 3.88. The minimum atomic E-state index is -6.81. The molecular weight excluding hydrogens is 941 g/mol. The van der Waals surface area contributed by atoms with Crippen LogP contribution >= 0.6 is 12.6 Å². The van der Waals surface area contributed by atoms with E-state index < -0.39 is 91.8 Å². The van der Waals surface area contributed by atoms with Crippen LogP contribution in [0.1, 0.15) is 63.6 Å². The third-order valence-corrected chi connectivity index (χ3v) is 11.2. The van der Waals surface area contributed by atoms with Crippen LogP contribution in [0.25, 0.3) is 0 Å². The minimum Gasteiger partial charge on any atom is -1.00 e. The van der Waals surface area contributed by atoms with Gasteiger partial charge < -0.3 is 24.7 Å². The van der Waals surface area contributed by atoms with Crippen LogP contribution < -0.4 is 22.6 Å². The van der Waals surface area contributed by atoms with Crippen LogP contribution in [0.5, 0.6) is 0 Å². The number of nitrogens with zero attached hydrogens (tertiary/aromatic N) is 3. The predicted molar refractivity (Wildman–Crippen MR) is 204 cm³/mol. The van der Waals surface area contributed by atoms with Crippen molar-refractivity contribution in [2.75, 3.05) is 49.3 Å². The quantitative estimate of drug-likeness (QED) is 0.147. The average molecular weight is 989 g/mol. The number of hydrogen-bond acceptors (Lipinski definition) is 14. The van der Waals surface area contributed by atoms with E-state index in [9.17, 15) is 79.2 Å². The second-order valence-electron chi connectivity index (χ2n) is 14.0. The Morgan fingerprint density at radius 3 is 1.50 bits per heavy atom. The van der Waals surface area contributed by atoms with Gasteiger partial charge in [-0.1, -0.05) is 18.2 Å². The Balaban J connectivity index is -0.000000802. The zero-order valence-corrected chi connectivity index (χ0v) is 37.6. The first kappa shape index (κ1) is 58.9. The smallest absolute Gasteiger partial charge is 1.00 e. The van der Waals surface area contributed by atoms with E-state index in [1.807, 2.05) is 20.8 Å². The third kappa shape index (κ3) is 20.2. The van der Waals surface area contributed by atoms with Gasteiger partial charge in [-0.2, -0.15) is 77.4 Å². The molecule has 0 saturated carbocycles. The van der Waals surface area contributed by atoms with Gasteiger partial charge >= 0.3 is 77.7 Å². The number of likely N-dealkylation sites (tertiary alicyclic amines) is 1. The van der Waals surface area contributed by atoms with Crippen LogP contribution in [0.3, 0.4) is 0 Å². The van der Waals surface area contributed by atoms with E-state index in [2.05, 4.69) is 16.8 Å². The number of amides is 2. The van der Waals surface area contributed by atoms with Gasteiger partial charge in [0.1, 0.15) is 17.0 Å². The summed E-state index contributed by atoms with van der Waals surface area (Å²) in [5, 5.41) is 0. The molecule has 1 aromatic carbocycles. The molecule has 0 N–H and O–H groups in total. The maximum absolute atomic E-state index is 12.4. The van der Waals surface area contributed by atoms with E-state index in [-0.39, 0.29) is 45.4 Å². The molecule has 0 radical (unpaired) electrons. The van der Waals surface area contributed by atoms with Crippen molar-refractivity contribution in [3.8, 4) is 0 Å². The van der Waals surface area contributed by atoms with Gasteiger partial charge in [0.25, 0.3) is 0 Å². The van der Waals surface area contributed by atoms with Crippen LogP contribution in [0.4, 0.5) is 54.8 Å². The Morgan fingerprint density at radius 2 is 1.18 bits per heavy atom. The van der Waals surface area contributed by atoms with Crippen LogP contribution in [0, 0.1) is 0 Å². The summed E-state index contributed by atoms with van der Waals surface area (Å²) in [7, 11) is -19.3. The molecule has 356 valence electrons. The fourth-order valence-corrected chi connectivity index (χ4v) is 7.22. The largest absolute Gasteiger partial charge is 1.00 e. The number of carbonyl (C=O) groups excluding carboxylic acids is 3. The monoisotopic (exact) mass is 988 g/mol. The number of Topliss-reactive ketones (excluding diaryl/α,β-unsaturated/α-hetero) is 1. The number of alkyl halides is 9. The molecule has 1 aromatic rings. The fraction of sp³-hybridized carbons (Fsp3) is 0.656. The molecule has 3 heterocycles. The normalized spacial score (nSPS) is 16.2. The molecule has 0 aromatic heterocycles. The molecule has 3 aliphatic heterocycles. The summed E-state index contributed by atoms with van der Waals surface area (Å²) < 4.78 is 201. The summed E-state index contributed by atoms with van der Waals surface area (Å²) in [5.41, 5.74) is -20.5. The molecule has 2 saturated heterocycles. The first-order chi connectivity index (χ1) is 27.8. The molecule has 30 heteroatoms.